The molecule has 7 aromatic carbocycles. The van der Waals surface area contributed by atoms with Gasteiger partial charge in [-0.3, -0.25) is 0 Å². The first-order valence-electron chi connectivity index (χ1n) is 19.5. The number of aryl methyl sites for hydroxylation is 4. The molecule has 8 aromatic rings. The quantitative estimate of drug-likeness (QED) is 0.125. The molecular formula is C51H36BF4N3. The van der Waals surface area contributed by atoms with E-state index in [0.717, 1.165) is 55.3 Å². The molecule has 8 heteroatoms. The second-order valence-electron chi connectivity index (χ2n) is 15.6. The summed E-state index contributed by atoms with van der Waals surface area (Å²) in [7, 11) is 0. The Balaban J connectivity index is 1.50. The lowest BCUT2D eigenvalue weighted by Gasteiger charge is -2.29. The van der Waals surface area contributed by atoms with Crippen LogP contribution in [0.25, 0.3) is 49.7 Å². The van der Waals surface area contributed by atoms with Gasteiger partial charge in [-0.15, -0.1) is 0 Å². The fraction of sp³-hybridized carbons (Fsp3) is 0.137. The molecule has 1 heterocycles. The molecule has 0 amide bonds. The summed E-state index contributed by atoms with van der Waals surface area (Å²) in [4.78, 5) is 0. The van der Waals surface area contributed by atoms with E-state index in [4.69, 9.17) is 0 Å². The van der Waals surface area contributed by atoms with E-state index in [-0.39, 0.29) is 16.7 Å². The molecule has 286 valence electrons. The van der Waals surface area contributed by atoms with Crippen LogP contribution in [0.1, 0.15) is 50.9 Å². The Hall–Kier alpha value is -6.90. The minimum Gasteiger partial charge on any atom is -0.307 e. The number of halogens is 4. The highest BCUT2D eigenvalue weighted by Gasteiger charge is 2.60. The maximum Gasteiger partial charge on any atom is 0.281 e. The summed E-state index contributed by atoms with van der Waals surface area (Å²) in [5, 5.41) is 24.0. The number of alkyl halides is 4. The van der Waals surface area contributed by atoms with Crippen LogP contribution in [-0.4, -0.2) is 11.3 Å². The fourth-order valence-corrected chi connectivity index (χ4v) is 9.57. The van der Waals surface area contributed by atoms with Crippen molar-refractivity contribution in [1.82, 2.24) is 4.57 Å². The third-order valence-electron chi connectivity index (χ3n) is 12.1. The Bertz CT molecular complexity index is 2910. The highest BCUT2D eigenvalue weighted by molar-refractivity contribution is 6.97. The molecule has 9 rings (SSSR count). The van der Waals surface area contributed by atoms with Crippen LogP contribution in [0.15, 0.2) is 133 Å². The van der Waals surface area contributed by atoms with Gasteiger partial charge in [0.05, 0.1) is 34.3 Å². The number of rotatable bonds is 6. The van der Waals surface area contributed by atoms with Crippen LogP contribution in [0, 0.1) is 50.4 Å². The Morgan fingerprint density at radius 3 is 1.34 bits per heavy atom. The molecule has 0 radical (unpaired) electrons. The molecule has 0 saturated heterocycles. The van der Waals surface area contributed by atoms with Gasteiger partial charge in [-0.25, -0.2) is 17.6 Å². The number of aromatic nitrogens is 1. The standard InChI is InChI=1S/C51H36BF4N3/c1-30-13-11-14-31(2)46(30)52(47-32(3)15-12-16-33(47)4)48-41(28-58)49(40(27-57)44-45(48)51(55,56)29-50(44,53)54)59-42-23-21-36(34-17-7-5-8-18-34)25-38(42)39-26-37(22-24-43(39)59)35-19-9-6-10-20-35/h5-26H,29H2,1-4H3. The normalized spacial score (nSPS) is 13.9. The van der Waals surface area contributed by atoms with Crippen LogP contribution in [0.3, 0.4) is 0 Å². The zero-order valence-electron chi connectivity index (χ0n) is 32.8. The molecule has 1 aliphatic rings. The molecule has 3 nitrogen and oxygen atoms in total. The summed E-state index contributed by atoms with van der Waals surface area (Å²) in [6.07, 6.45) is -1.81. The second-order valence-corrected chi connectivity index (χ2v) is 15.6. The SMILES string of the molecule is Cc1cccc(C)c1B(c1c(C)cccc1C)c1c(C#N)c(-n2c3ccc(-c4ccccc4)cc3c3cc(-c4ccccc4)ccc32)c(C#N)c2c1C(F)(F)CC2(F)F. The predicted octanol–water partition coefficient (Wildman–Crippen LogP) is 11.2. The smallest absolute Gasteiger partial charge is 0.281 e. The zero-order valence-corrected chi connectivity index (χ0v) is 32.8. The highest BCUT2D eigenvalue weighted by Crippen LogP contribution is 2.56. The van der Waals surface area contributed by atoms with Crippen molar-refractivity contribution in [3.8, 4) is 40.1 Å². The molecular weight excluding hydrogens is 741 g/mol. The van der Waals surface area contributed by atoms with Crippen LogP contribution in [0.4, 0.5) is 17.6 Å². The van der Waals surface area contributed by atoms with E-state index in [1.807, 2.05) is 167 Å². The van der Waals surface area contributed by atoms with Crippen molar-refractivity contribution in [3.63, 3.8) is 0 Å². The van der Waals surface area contributed by atoms with Gasteiger partial charge in [-0.05, 0) is 79.7 Å². The van der Waals surface area contributed by atoms with Gasteiger partial charge < -0.3 is 4.57 Å². The largest absolute Gasteiger partial charge is 0.307 e. The highest BCUT2D eigenvalue weighted by atomic mass is 19.3. The first-order chi connectivity index (χ1) is 28.4. The summed E-state index contributed by atoms with van der Waals surface area (Å²) in [5.41, 5.74) is 5.92. The fourth-order valence-electron chi connectivity index (χ4n) is 9.57. The van der Waals surface area contributed by atoms with Crippen LogP contribution in [0.5, 0.6) is 0 Å². The van der Waals surface area contributed by atoms with E-state index in [9.17, 15) is 10.5 Å². The number of nitriles is 2. The van der Waals surface area contributed by atoms with Crippen LogP contribution >= 0.6 is 0 Å². The maximum atomic E-state index is 16.8. The maximum absolute atomic E-state index is 16.8. The van der Waals surface area contributed by atoms with Gasteiger partial charge in [-0.2, -0.15) is 10.5 Å². The van der Waals surface area contributed by atoms with E-state index in [1.54, 1.807) is 4.57 Å². The van der Waals surface area contributed by atoms with Gasteiger partial charge in [0, 0.05) is 21.9 Å². The number of benzene rings is 7. The monoisotopic (exact) mass is 777 g/mol. The predicted molar refractivity (Wildman–Crippen MR) is 230 cm³/mol. The molecule has 0 spiro atoms. The van der Waals surface area contributed by atoms with Gasteiger partial charge in [0.1, 0.15) is 12.1 Å². The third-order valence-corrected chi connectivity index (χ3v) is 12.1. The van der Waals surface area contributed by atoms with Crippen molar-refractivity contribution in [3.05, 3.63) is 178 Å². The first-order valence-corrected chi connectivity index (χ1v) is 19.5. The van der Waals surface area contributed by atoms with Crippen molar-refractivity contribution in [1.29, 1.82) is 10.5 Å². The molecule has 0 aliphatic heterocycles. The molecule has 0 bridgehead atoms. The number of hydrogen-bond donors (Lipinski definition) is 0. The first kappa shape index (κ1) is 37.7. The Morgan fingerprint density at radius 1 is 0.492 bits per heavy atom. The molecule has 59 heavy (non-hydrogen) atoms. The summed E-state index contributed by atoms with van der Waals surface area (Å²) in [5.74, 6) is -8.15. The second kappa shape index (κ2) is 13.9. The van der Waals surface area contributed by atoms with E-state index >= 15 is 17.6 Å². The molecule has 1 aromatic heterocycles. The van der Waals surface area contributed by atoms with Crippen LogP contribution in [-0.2, 0) is 11.8 Å². The topological polar surface area (TPSA) is 52.5 Å². The minimum absolute atomic E-state index is 0.136. The van der Waals surface area contributed by atoms with E-state index in [2.05, 4.69) is 6.07 Å². The van der Waals surface area contributed by atoms with Gasteiger partial charge >= 0.3 is 0 Å². The van der Waals surface area contributed by atoms with Gasteiger partial charge in [0.15, 0.2) is 0 Å². The molecule has 1 aliphatic carbocycles. The lowest BCUT2D eigenvalue weighted by molar-refractivity contribution is -0.0922. The minimum atomic E-state index is -4.09. The van der Waals surface area contributed by atoms with Gasteiger partial charge in [0.25, 0.3) is 11.8 Å². The van der Waals surface area contributed by atoms with Crippen molar-refractivity contribution in [2.24, 2.45) is 0 Å². The summed E-state index contributed by atoms with van der Waals surface area (Å²) < 4.78 is 68.7. The van der Waals surface area contributed by atoms with Crippen molar-refractivity contribution >= 4 is 44.9 Å². The van der Waals surface area contributed by atoms with Gasteiger partial charge in [-0.1, -0.05) is 142 Å². The number of hydrogen-bond acceptors (Lipinski definition) is 2. The Labute approximate surface area is 340 Å². The average Bonchev–Trinajstić information content (AvgIpc) is 3.64. The molecule has 0 atom stereocenters. The van der Waals surface area contributed by atoms with Crippen LogP contribution in [0.2, 0.25) is 0 Å². The zero-order chi connectivity index (χ0) is 41.4. The average molecular weight is 778 g/mol. The summed E-state index contributed by atoms with van der Waals surface area (Å²) in [6, 6.07) is 46.6. The number of fused-ring (bicyclic) bond motifs is 4. The summed E-state index contributed by atoms with van der Waals surface area (Å²) >= 11 is 0. The van der Waals surface area contributed by atoms with Crippen LogP contribution < -0.4 is 16.4 Å². The van der Waals surface area contributed by atoms with E-state index < -0.39 is 41.7 Å². The van der Waals surface area contributed by atoms with Gasteiger partial charge in [0.2, 0.25) is 6.71 Å². The Morgan fingerprint density at radius 2 is 0.915 bits per heavy atom. The lowest BCUT2D eigenvalue weighted by Crippen LogP contribution is -2.58. The van der Waals surface area contributed by atoms with Crippen molar-refractivity contribution in [2.75, 3.05) is 0 Å². The van der Waals surface area contributed by atoms with Crippen molar-refractivity contribution < 1.29 is 17.6 Å². The van der Waals surface area contributed by atoms with Crippen molar-refractivity contribution in [2.45, 2.75) is 46.0 Å². The number of nitrogens with zero attached hydrogens (tertiary/aromatic N) is 3. The van der Waals surface area contributed by atoms with E-state index in [0.29, 0.717) is 22.0 Å². The lowest BCUT2D eigenvalue weighted by atomic mass is 9.32. The Kier molecular flexibility index (Phi) is 8.87. The molecule has 0 fully saturated rings. The molecule has 0 unspecified atom stereocenters. The molecule has 0 saturated carbocycles. The third kappa shape index (κ3) is 5.85. The summed E-state index contributed by atoms with van der Waals surface area (Å²) in [6.45, 7) is 6.42. The van der Waals surface area contributed by atoms with E-state index in [1.165, 1.54) is 0 Å². The molecule has 0 N–H and O–H groups in total.